The number of nitrogens with zero attached hydrogens (tertiary/aromatic N) is 1. The van der Waals surface area contributed by atoms with Crippen molar-refractivity contribution in [2.24, 2.45) is 0 Å². The fourth-order valence-electron chi connectivity index (χ4n) is 2.25. The van der Waals surface area contributed by atoms with Crippen molar-refractivity contribution < 1.29 is 13.7 Å². The number of anilines is 1. The monoisotopic (exact) mass is 310 g/mol. The minimum atomic E-state index is -1.01. The van der Waals surface area contributed by atoms with Crippen molar-refractivity contribution in [1.82, 2.24) is 4.90 Å². The van der Waals surface area contributed by atoms with E-state index in [1.54, 1.807) is 35.4 Å². The topological polar surface area (TPSA) is 58.6 Å². The van der Waals surface area contributed by atoms with E-state index in [9.17, 15) is 9.00 Å². The van der Waals surface area contributed by atoms with Gasteiger partial charge in [0, 0.05) is 34.2 Å². The highest BCUT2D eigenvalue weighted by molar-refractivity contribution is 7.84. The highest BCUT2D eigenvalue weighted by Gasteiger charge is 2.32. The third kappa shape index (κ3) is 4.04. The van der Waals surface area contributed by atoms with Crippen LogP contribution in [0.5, 0.6) is 0 Å². The van der Waals surface area contributed by atoms with Gasteiger partial charge in [-0.2, -0.15) is 0 Å². The van der Waals surface area contributed by atoms with Crippen LogP contribution in [-0.4, -0.2) is 46.7 Å². The summed E-state index contributed by atoms with van der Waals surface area (Å²) in [5.41, 5.74) is 0.442. The summed E-state index contributed by atoms with van der Waals surface area (Å²) in [6.45, 7) is 5.83. The lowest BCUT2D eigenvalue weighted by Gasteiger charge is -2.39. The van der Waals surface area contributed by atoms with Gasteiger partial charge < -0.3 is 15.0 Å². The molecule has 1 aromatic carbocycles. The van der Waals surface area contributed by atoms with Gasteiger partial charge in [-0.25, -0.2) is 4.79 Å². The Balaban J connectivity index is 1.99. The molecule has 2 amide bonds. The molecule has 1 aliphatic rings. The molecule has 1 heterocycles. The van der Waals surface area contributed by atoms with Gasteiger partial charge in [-0.15, -0.1) is 0 Å². The van der Waals surface area contributed by atoms with Crippen LogP contribution in [0.25, 0.3) is 0 Å². The van der Waals surface area contributed by atoms with Crippen LogP contribution in [0.4, 0.5) is 10.5 Å². The molecule has 2 rings (SSSR count). The number of carbonyl (C=O) groups excluding carboxylic acids is 1. The largest absolute Gasteiger partial charge is 0.372 e. The van der Waals surface area contributed by atoms with Crippen LogP contribution in [-0.2, 0) is 15.5 Å². The second-order valence-electron chi connectivity index (χ2n) is 5.48. The summed E-state index contributed by atoms with van der Waals surface area (Å²) in [5.74, 6) is 0. The zero-order chi connectivity index (χ0) is 15.5. The normalized spacial score (nSPS) is 23.7. The summed E-state index contributed by atoms with van der Waals surface area (Å²) < 4.78 is 17.1. The smallest absolute Gasteiger partial charge is 0.322 e. The molecule has 1 N–H and O–H groups in total. The van der Waals surface area contributed by atoms with Crippen LogP contribution in [0.3, 0.4) is 0 Å². The number of ether oxygens (including phenoxy) is 1. The summed E-state index contributed by atoms with van der Waals surface area (Å²) in [6.07, 6.45) is 2.50. The first-order chi connectivity index (χ1) is 9.93. The Morgan fingerprint density at radius 2 is 2.10 bits per heavy atom. The minimum absolute atomic E-state index is 0.122. The quantitative estimate of drug-likeness (QED) is 0.933. The fraction of sp³-hybridized carbons (Fsp3) is 0.533. The molecule has 2 atom stereocenters. The number of urea groups is 1. The molecule has 1 saturated heterocycles. The zero-order valence-corrected chi connectivity index (χ0v) is 13.5. The molecule has 1 aromatic rings. The number of hydrogen-bond donors (Lipinski definition) is 1. The van der Waals surface area contributed by atoms with Gasteiger partial charge in [0.05, 0.1) is 18.8 Å². The minimum Gasteiger partial charge on any atom is -0.372 e. The molecule has 0 spiro atoms. The first-order valence-electron chi connectivity index (χ1n) is 7.07. The van der Waals surface area contributed by atoms with Crippen molar-refractivity contribution in [2.45, 2.75) is 30.8 Å². The van der Waals surface area contributed by atoms with Crippen LogP contribution < -0.4 is 5.32 Å². The highest BCUT2D eigenvalue weighted by atomic mass is 32.2. The lowest BCUT2D eigenvalue weighted by atomic mass is 10.0. The third-order valence-electron chi connectivity index (χ3n) is 3.81. The van der Waals surface area contributed by atoms with Gasteiger partial charge in [-0.1, -0.05) is 6.92 Å². The first kappa shape index (κ1) is 16.0. The lowest BCUT2D eigenvalue weighted by Crippen LogP contribution is -2.53. The summed E-state index contributed by atoms with van der Waals surface area (Å²) in [6, 6.07) is 6.95. The van der Waals surface area contributed by atoms with Crippen LogP contribution in [0.2, 0.25) is 0 Å². The van der Waals surface area contributed by atoms with E-state index in [2.05, 4.69) is 12.2 Å². The van der Waals surface area contributed by atoms with Crippen LogP contribution in [0, 0.1) is 0 Å². The predicted octanol–water partition coefficient (Wildman–Crippen LogP) is 2.46. The molecule has 5 nitrogen and oxygen atoms in total. The maximum absolute atomic E-state index is 12.3. The Hall–Kier alpha value is -1.40. The Morgan fingerprint density at radius 1 is 1.43 bits per heavy atom. The molecular formula is C15H22N2O3S. The van der Waals surface area contributed by atoms with Crippen LogP contribution >= 0.6 is 0 Å². The number of morpholine rings is 1. The zero-order valence-electron chi connectivity index (χ0n) is 12.7. The van der Waals surface area contributed by atoms with Gasteiger partial charge in [-0.3, -0.25) is 4.21 Å². The van der Waals surface area contributed by atoms with Crippen molar-refractivity contribution in [2.75, 3.05) is 31.3 Å². The molecule has 116 valence electrons. The average Bonchev–Trinajstić information content (AvgIpc) is 2.48. The van der Waals surface area contributed by atoms with Gasteiger partial charge in [0.2, 0.25) is 0 Å². The van der Waals surface area contributed by atoms with Gasteiger partial charge in [0.15, 0.2) is 0 Å². The third-order valence-corrected chi connectivity index (χ3v) is 4.75. The second-order valence-corrected chi connectivity index (χ2v) is 6.86. The van der Waals surface area contributed by atoms with E-state index in [0.29, 0.717) is 25.4 Å². The Bertz CT molecular complexity index is 532. The van der Waals surface area contributed by atoms with E-state index in [1.807, 2.05) is 6.92 Å². The number of amides is 2. The van der Waals surface area contributed by atoms with E-state index in [0.717, 1.165) is 11.3 Å². The summed E-state index contributed by atoms with van der Waals surface area (Å²) in [5, 5.41) is 2.87. The van der Waals surface area contributed by atoms with Crippen LogP contribution in [0.15, 0.2) is 29.2 Å². The van der Waals surface area contributed by atoms with Crippen molar-refractivity contribution in [3.05, 3.63) is 24.3 Å². The number of rotatable bonds is 3. The Labute approximate surface area is 128 Å². The van der Waals surface area contributed by atoms with Gasteiger partial charge in [0.25, 0.3) is 0 Å². The SMILES string of the molecule is CCC1(C)CN(C(=O)Nc2ccc(S(C)=O)cc2)CCO1. The lowest BCUT2D eigenvalue weighted by molar-refractivity contribution is -0.0860. The highest BCUT2D eigenvalue weighted by Crippen LogP contribution is 2.22. The van der Waals surface area contributed by atoms with E-state index >= 15 is 0 Å². The maximum atomic E-state index is 12.3. The molecule has 1 fully saturated rings. The number of hydrogen-bond acceptors (Lipinski definition) is 3. The van der Waals surface area contributed by atoms with Crippen molar-refractivity contribution in [1.29, 1.82) is 0 Å². The van der Waals surface area contributed by atoms with E-state index in [1.165, 1.54) is 0 Å². The van der Waals surface area contributed by atoms with Gasteiger partial charge in [-0.05, 0) is 37.6 Å². The molecule has 2 unspecified atom stereocenters. The molecule has 0 aromatic heterocycles. The maximum Gasteiger partial charge on any atom is 0.322 e. The van der Waals surface area contributed by atoms with E-state index in [4.69, 9.17) is 4.74 Å². The first-order valence-corrected chi connectivity index (χ1v) is 8.63. The average molecular weight is 310 g/mol. The molecular weight excluding hydrogens is 288 g/mol. The molecule has 0 radical (unpaired) electrons. The molecule has 21 heavy (non-hydrogen) atoms. The van der Waals surface area contributed by atoms with Gasteiger partial charge in [0.1, 0.15) is 0 Å². The van der Waals surface area contributed by atoms with Crippen LogP contribution in [0.1, 0.15) is 20.3 Å². The van der Waals surface area contributed by atoms with Crippen molar-refractivity contribution in [3.63, 3.8) is 0 Å². The summed E-state index contributed by atoms with van der Waals surface area (Å²) >= 11 is 0. The molecule has 0 bridgehead atoms. The molecule has 0 saturated carbocycles. The Morgan fingerprint density at radius 3 is 2.67 bits per heavy atom. The Kier molecular flexibility index (Phi) is 5.00. The standard InChI is InChI=1S/C15H22N2O3S/c1-4-15(2)11-17(9-10-20-15)14(18)16-12-5-7-13(8-6-12)21(3)19/h5-8H,4,9-11H2,1-3H3,(H,16,18). The second kappa shape index (κ2) is 6.58. The number of carbonyl (C=O) groups is 1. The van der Waals surface area contributed by atoms with Crippen molar-refractivity contribution >= 4 is 22.5 Å². The van der Waals surface area contributed by atoms with E-state index < -0.39 is 10.8 Å². The summed E-state index contributed by atoms with van der Waals surface area (Å²) in [7, 11) is -1.01. The fourth-order valence-corrected chi connectivity index (χ4v) is 2.77. The van der Waals surface area contributed by atoms with Gasteiger partial charge >= 0.3 is 6.03 Å². The number of benzene rings is 1. The van der Waals surface area contributed by atoms with E-state index in [-0.39, 0.29) is 11.6 Å². The summed E-state index contributed by atoms with van der Waals surface area (Å²) in [4.78, 5) is 14.8. The molecule has 0 aliphatic carbocycles. The van der Waals surface area contributed by atoms with Crippen molar-refractivity contribution in [3.8, 4) is 0 Å². The number of nitrogens with one attached hydrogen (secondary N) is 1. The molecule has 6 heteroatoms. The predicted molar refractivity (Wildman–Crippen MR) is 84.0 cm³/mol. The molecule has 1 aliphatic heterocycles.